The Morgan fingerprint density at radius 1 is 1.00 bits per heavy atom. The molecule has 1 heterocycles. The summed E-state index contributed by atoms with van der Waals surface area (Å²) < 4.78 is 16.5. The smallest absolute Gasteiger partial charge is 0.315 e. The van der Waals surface area contributed by atoms with E-state index in [9.17, 15) is 9.59 Å². The molecule has 0 aromatic heterocycles. The van der Waals surface area contributed by atoms with Crippen molar-refractivity contribution in [3.05, 3.63) is 59.7 Å². The van der Waals surface area contributed by atoms with Crippen molar-refractivity contribution < 1.29 is 23.8 Å². The molecular weight excluding hydrogens is 484 g/mol. The van der Waals surface area contributed by atoms with Gasteiger partial charge in [0.25, 0.3) is 0 Å². The molecule has 4 rings (SSSR count). The minimum absolute atomic E-state index is 0.113. The molecule has 2 aromatic rings. The third-order valence-electron chi connectivity index (χ3n) is 6.89. The van der Waals surface area contributed by atoms with Gasteiger partial charge in [-0.1, -0.05) is 30.3 Å². The SMILES string of the molecule is COCCCOc1cc(CN(C(=O)[C@@H]2CNC[C@@H](NC(=O)NCc3ccccc3)C2)C2CC2)cc(OC)c1. The highest BCUT2D eigenvalue weighted by atomic mass is 16.5. The maximum absolute atomic E-state index is 13.7. The van der Waals surface area contributed by atoms with E-state index >= 15 is 0 Å². The van der Waals surface area contributed by atoms with Crippen molar-refractivity contribution in [1.29, 1.82) is 0 Å². The number of carbonyl (C=O) groups is 2. The number of ether oxygens (including phenoxy) is 3. The molecule has 1 saturated carbocycles. The first-order valence-corrected chi connectivity index (χ1v) is 13.4. The molecule has 3 N–H and O–H groups in total. The molecule has 1 aliphatic carbocycles. The molecule has 0 radical (unpaired) electrons. The molecule has 0 bridgehead atoms. The molecule has 38 heavy (non-hydrogen) atoms. The van der Waals surface area contributed by atoms with E-state index in [1.165, 1.54) is 0 Å². The Kier molecular flexibility index (Phi) is 10.2. The number of benzene rings is 2. The van der Waals surface area contributed by atoms with Crippen LogP contribution in [0.25, 0.3) is 0 Å². The zero-order chi connectivity index (χ0) is 26.7. The Morgan fingerprint density at radius 3 is 2.53 bits per heavy atom. The predicted octanol–water partition coefficient (Wildman–Crippen LogP) is 3.08. The maximum atomic E-state index is 13.7. The number of hydrogen-bond donors (Lipinski definition) is 3. The fraction of sp³-hybridized carbons (Fsp3) is 0.517. The second kappa shape index (κ2) is 14.0. The van der Waals surface area contributed by atoms with E-state index in [1.807, 2.05) is 53.4 Å². The first-order valence-electron chi connectivity index (χ1n) is 13.4. The summed E-state index contributed by atoms with van der Waals surface area (Å²) in [5.41, 5.74) is 2.02. The van der Waals surface area contributed by atoms with Crippen LogP contribution < -0.4 is 25.4 Å². The topological polar surface area (TPSA) is 101 Å². The first-order chi connectivity index (χ1) is 18.6. The van der Waals surface area contributed by atoms with E-state index in [2.05, 4.69) is 16.0 Å². The van der Waals surface area contributed by atoms with E-state index in [4.69, 9.17) is 14.2 Å². The zero-order valence-corrected chi connectivity index (χ0v) is 22.4. The molecule has 0 unspecified atom stereocenters. The van der Waals surface area contributed by atoms with Crippen LogP contribution in [-0.2, 0) is 22.6 Å². The van der Waals surface area contributed by atoms with Crippen LogP contribution in [0.2, 0.25) is 0 Å². The number of nitrogens with zero attached hydrogens (tertiary/aromatic N) is 1. The van der Waals surface area contributed by atoms with Gasteiger partial charge in [-0.25, -0.2) is 4.79 Å². The van der Waals surface area contributed by atoms with Crippen LogP contribution >= 0.6 is 0 Å². The van der Waals surface area contributed by atoms with Crippen molar-refractivity contribution in [3.63, 3.8) is 0 Å². The lowest BCUT2D eigenvalue weighted by Gasteiger charge is -2.34. The highest BCUT2D eigenvalue weighted by Crippen LogP contribution is 2.32. The molecular formula is C29H40N4O5. The highest BCUT2D eigenvalue weighted by Gasteiger charge is 2.38. The number of piperidine rings is 1. The lowest BCUT2D eigenvalue weighted by molar-refractivity contribution is -0.137. The largest absolute Gasteiger partial charge is 0.497 e. The van der Waals surface area contributed by atoms with Gasteiger partial charge >= 0.3 is 6.03 Å². The summed E-state index contributed by atoms with van der Waals surface area (Å²) in [4.78, 5) is 28.2. The van der Waals surface area contributed by atoms with Gasteiger partial charge < -0.3 is 35.1 Å². The molecule has 1 aliphatic heterocycles. The fourth-order valence-electron chi connectivity index (χ4n) is 4.78. The molecule has 206 valence electrons. The summed E-state index contributed by atoms with van der Waals surface area (Å²) >= 11 is 0. The lowest BCUT2D eigenvalue weighted by Crippen LogP contribution is -2.54. The summed E-state index contributed by atoms with van der Waals surface area (Å²) in [7, 11) is 3.31. The number of hydrogen-bond acceptors (Lipinski definition) is 6. The molecule has 2 aliphatic rings. The zero-order valence-electron chi connectivity index (χ0n) is 22.4. The van der Waals surface area contributed by atoms with Crippen molar-refractivity contribution in [1.82, 2.24) is 20.9 Å². The van der Waals surface area contributed by atoms with Crippen LogP contribution in [0.15, 0.2) is 48.5 Å². The van der Waals surface area contributed by atoms with Gasteiger partial charge in [0, 0.05) is 64.5 Å². The van der Waals surface area contributed by atoms with Gasteiger partial charge in [-0.15, -0.1) is 0 Å². The van der Waals surface area contributed by atoms with Crippen LogP contribution in [0.1, 0.15) is 36.8 Å². The number of methoxy groups -OCH3 is 2. The molecule has 9 heteroatoms. The number of urea groups is 1. The summed E-state index contributed by atoms with van der Waals surface area (Å²) in [5.74, 6) is 1.36. The quantitative estimate of drug-likeness (QED) is 0.348. The fourth-order valence-corrected chi connectivity index (χ4v) is 4.78. The van der Waals surface area contributed by atoms with Gasteiger partial charge in [0.1, 0.15) is 11.5 Å². The van der Waals surface area contributed by atoms with Crippen molar-refractivity contribution >= 4 is 11.9 Å². The summed E-state index contributed by atoms with van der Waals surface area (Å²) in [6.07, 6.45) is 3.43. The number of nitrogens with one attached hydrogen (secondary N) is 3. The lowest BCUT2D eigenvalue weighted by atomic mass is 9.94. The molecule has 2 aromatic carbocycles. The van der Waals surface area contributed by atoms with Crippen LogP contribution in [-0.4, -0.2) is 69.4 Å². The summed E-state index contributed by atoms with van der Waals surface area (Å²) in [6.45, 7) is 3.40. The molecule has 9 nitrogen and oxygen atoms in total. The maximum Gasteiger partial charge on any atom is 0.315 e. The molecule has 3 amide bonds. The standard InChI is InChI=1S/C29H40N4O5/c1-36-11-6-12-38-27-14-22(13-26(16-27)37-2)20-33(25-9-10-25)28(34)23-15-24(19-30-18-23)32-29(35)31-17-21-7-4-3-5-8-21/h3-5,7-8,13-14,16,23-25,30H,6,9-12,15,17-20H2,1-2H3,(H2,31,32,35)/t23-,24-/m0/s1. The third-order valence-corrected chi connectivity index (χ3v) is 6.89. The summed E-state index contributed by atoms with van der Waals surface area (Å²) in [6, 6.07) is 15.5. The van der Waals surface area contributed by atoms with E-state index in [0.717, 1.165) is 36.1 Å². The van der Waals surface area contributed by atoms with Gasteiger partial charge in [-0.2, -0.15) is 0 Å². The highest BCUT2D eigenvalue weighted by molar-refractivity contribution is 5.80. The van der Waals surface area contributed by atoms with Gasteiger partial charge in [0.05, 0.1) is 19.6 Å². The minimum atomic E-state index is -0.220. The normalized spacial score (nSPS) is 18.9. The molecule has 2 fully saturated rings. The predicted molar refractivity (Wildman–Crippen MR) is 145 cm³/mol. The van der Waals surface area contributed by atoms with E-state index in [1.54, 1.807) is 14.2 Å². The van der Waals surface area contributed by atoms with Crippen molar-refractivity contribution in [2.24, 2.45) is 5.92 Å². The average molecular weight is 525 g/mol. The molecule has 2 atom stereocenters. The van der Waals surface area contributed by atoms with E-state index in [-0.39, 0.29) is 29.9 Å². The number of amides is 3. The van der Waals surface area contributed by atoms with Crippen molar-refractivity contribution in [2.45, 2.75) is 50.9 Å². The Balaban J connectivity index is 1.34. The third kappa shape index (κ3) is 8.36. The van der Waals surface area contributed by atoms with Gasteiger partial charge in [0.2, 0.25) is 5.91 Å². The second-order valence-corrected chi connectivity index (χ2v) is 10.0. The van der Waals surface area contributed by atoms with E-state index in [0.29, 0.717) is 51.6 Å². The molecule has 1 saturated heterocycles. The van der Waals surface area contributed by atoms with Gasteiger partial charge in [-0.3, -0.25) is 4.79 Å². The van der Waals surface area contributed by atoms with Crippen LogP contribution in [0, 0.1) is 5.92 Å². The van der Waals surface area contributed by atoms with Crippen molar-refractivity contribution in [3.8, 4) is 11.5 Å². The van der Waals surface area contributed by atoms with E-state index < -0.39 is 0 Å². The minimum Gasteiger partial charge on any atom is -0.497 e. The summed E-state index contributed by atoms with van der Waals surface area (Å²) in [5, 5.41) is 9.28. The Labute approximate surface area is 225 Å². The number of rotatable bonds is 13. The first kappa shape index (κ1) is 27.7. The number of carbonyl (C=O) groups excluding carboxylic acids is 2. The van der Waals surface area contributed by atoms with Crippen molar-refractivity contribution in [2.75, 3.05) is 40.5 Å². The van der Waals surface area contributed by atoms with Crippen LogP contribution in [0.3, 0.4) is 0 Å². The second-order valence-electron chi connectivity index (χ2n) is 10.0. The Hall–Kier alpha value is -3.30. The Morgan fingerprint density at radius 2 is 1.79 bits per heavy atom. The Bertz CT molecular complexity index is 1050. The van der Waals surface area contributed by atoms with Crippen LogP contribution in [0.4, 0.5) is 4.79 Å². The van der Waals surface area contributed by atoms with Gasteiger partial charge in [-0.05, 0) is 42.5 Å². The van der Waals surface area contributed by atoms with Gasteiger partial charge in [0.15, 0.2) is 0 Å². The van der Waals surface area contributed by atoms with Crippen LogP contribution in [0.5, 0.6) is 11.5 Å². The molecule has 0 spiro atoms. The monoisotopic (exact) mass is 524 g/mol. The average Bonchev–Trinajstić information content (AvgIpc) is 3.79.